The molecule has 1 aromatic carbocycles. The first-order chi connectivity index (χ1) is 8.32. The van der Waals surface area contributed by atoms with Gasteiger partial charge in [0.25, 0.3) is 5.91 Å². The van der Waals surface area contributed by atoms with E-state index in [1.54, 1.807) is 24.3 Å². The predicted molar refractivity (Wildman–Crippen MR) is 69.9 cm³/mol. The zero-order valence-electron chi connectivity index (χ0n) is 11.1. The van der Waals surface area contributed by atoms with Crippen LogP contribution in [-0.4, -0.2) is 28.8 Å². The molecular weight excluding hydrogens is 230 g/mol. The van der Waals surface area contributed by atoms with Crippen molar-refractivity contribution in [3.63, 3.8) is 0 Å². The Kier molecular flexibility index (Phi) is 4.87. The summed E-state index contributed by atoms with van der Waals surface area (Å²) in [7, 11) is 0. The van der Waals surface area contributed by atoms with Gasteiger partial charge in [-0.1, -0.05) is 51.1 Å². The predicted octanol–water partition coefficient (Wildman–Crippen LogP) is 1.24. The van der Waals surface area contributed by atoms with E-state index >= 15 is 0 Å². The van der Waals surface area contributed by atoms with Crippen LogP contribution in [0.2, 0.25) is 0 Å². The largest absolute Gasteiger partial charge is 0.391 e. The van der Waals surface area contributed by atoms with Crippen LogP contribution in [0.3, 0.4) is 0 Å². The van der Waals surface area contributed by atoms with E-state index in [9.17, 15) is 15.0 Å². The third kappa shape index (κ3) is 4.13. The third-order valence-corrected chi connectivity index (χ3v) is 2.83. The Morgan fingerprint density at radius 2 is 1.78 bits per heavy atom. The van der Waals surface area contributed by atoms with Gasteiger partial charge in [0.05, 0.1) is 6.10 Å². The normalized spacial score (nSPS) is 14.9. The van der Waals surface area contributed by atoms with Crippen LogP contribution in [0.25, 0.3) is 0 Å². The van der Waals surface area contributed by atoms with Gasteiger partial charge < -0.3 is 15.5 Å². The summed E-state index contributed by atoms with van der Waals surface area (Å²) in [4.78, 5) is 11.7. The Labute approximate surface area is 108 Å². The minimum Gasteiger partial charge on any atom is -0.391 e. The lowest BCUT2D eigenvalue weighted by Gasteiger charge is -2.26. The lowest BCUT2D eigenvalue weighted by molar-refractivity contribution is -0.130. The maximum atomic E-state index is 11.7. The third-order valence-electron chi connectivity index (χ3n) is 2.83. The van der Waals surface area contributed by atoms with Crippen LogP contribution in [0, 0.1) is 5.41 Å². The number of amides is 1. The molecule has 0 saturated heterocycles. The van der Waals surface area contributed by atoms with E-state index in [0.717, 1.165) is 0 Å². The summed E-state index contributed by atoms with van der Waals surface area (Å²) in [5.41, 5.74) is 0.241. The van der Waals surface area contributed by atoms with Gasteiger partial charge in [-0.3, -0.25) is 4.79 Å². The summed E-state index contributed by atoms with van der Waals surface area (Å²) in [5, 5.41) is 22.1. The van der Waals surface area contributed by atoms with E-state index in [-0.39, 0.29) is 12.0 Å². The van der Waals surface area contributed by atoms with Crippen LogP contribution in [0.4, 0.5) is 0 Å². The van der Waals surface area contributed by atoms with Crippen LogP contribution < -0.4 is 5.32 Å². The van der Waals surface area contributed by atoms with Crippen LogP contribution in [0.5, 0.6) is 0 Å². The molecule has 4 nitrogen and oxygen atoms in total. The fourth-order valence-electron chi connectivity index (χ4n) is 1.39. The van der Waals surface area contributed by atoms with Gasteiger partial charge in [0.1, 0.15) is 0 Å². The molecule has 2 atom stereocenters. The first-order valence-corrected chi connectivity index (χ1v) is 6.01. The molecule has 0 spiro atoms. The molecular formula is C14H21NO3. The molecule has 1 aromatic rings. The Hall–Kier alpha value is -1.39. The molecule has 18 heavy (non-hydrogen) atoms. The number of aliphatic hydroxyl groups excluding tert-OH is 2. The highest BCUT2D eigenvalue weighted by Gasteiger charge is 2.24. The molecule has 0 aliphatic heterocycles. The van der Waals surface area contributed by atoms with E-state index in [1.807, 2.05) is 26.8 Å². The number of hydrogen-bond acceptors (Lipinski definition) is 3. The number of nitrogens with one attached hydrogen (secondary N) is 1. The van der Waals surface area contributed by atoms with Gasteiger partial charge in [0.15, 0.2) is 6.10 Å². The lowest BCUT2D eigenvalue weighted by Crippen LogP contribution is -2.40. The maximum Gasteiger partial charge on any atom is 0.253 e. The first kappa shape index (κ1) is 14.7. The fourth-order valence-corrected chi connectivity index (χ4v) is 1.39. The second kappa shape index (κ2) is 5.98. The monoisotopic (exact) mass is 251 g/mol. The van der Waals surface area contributed by atoms with Crippen LogP contribution in [0.1, 0.15) is 32.4 Å². The zero-order valence-corrected chi connectivity index (χ0v) is 11.1. The van der Waals surface area contributed by atoms with E-state index in [4.69, 9.17) is 0 Å². The lowest BCUT2D eigenvalue weighted by atomic mass is 9.89. The smallest absolute Gasteiger partial charge is 0.253 e. The van der Waals surface area contributed by atoms with Crippen molar-refractivity contribution in [1.29, 1.82) is 0 Å². The Balaban J connectivity index is 2.52. The highest BCUT2D eigenvalue weighted by Crippen LogP contribution is 2.18. The van der Waals surface area contributed by atoms with Crippen molar-refractivity contribution in [3.8, 4) is 0 Å². The second-order valence-corrected chi connectivity index (χ2v) is 5.44. The van der Waals surface area contributed by atoms with E-state index in [2.05, 4.69) is 5.32 Å². The van der Waals surface area contributed by atoms with Gasteiger partial charge in [-0.25, -0.2) is 0 Å². The van der Waals surface area contributed by atoms with Crippen molar-refractivity contribution in [2.24, 2.45) is 5.41 Å². The van der Waals surface area contributed by atoms with Gasteiger partial charge in [-0.05, 0) is 11.0 Å². The second-order valence-electron chi connectivity index (χ2n) is 5.44. The molecule has 0 aliphatic carbocycles. The molecule has 0 radical (unpaired) electrons. The van der Waals surface area contributed by atoms with E-state index < -0.39 is 18.1 Å². The van der Waals surface area contributed by atoms with Gasteiger partial charge in [0, 0.05) is 6.54 Å². The summed E-state index contributed by atoms with van der Waals surface area (Å²) in [6.07, 6.45) is -1.84. The van der Waals surface area contributed by atoms with E-state index in [0.29, 0.717) is 5.56 Å². The zero-order chi connectivity index (χ0) is 13.8. The molecule has 0 aliphatic rings. The molecule has 3 N–H and O–H groups in total. The first-order valence-electron chi connectivity index (χ1n) is 6.01. The number of rotatable bonds is 4. The summed E-state index contributed by atoms with van der Waals surface area (Å²) in [6, 6.07) is 8.71. The molecule has 0 saturated carbocycles. The van der Waals surface area contributed by atoms with Crippen molar-refractivity contribution in [2.75, 3.05) is 6.54 Å². The number of benzene rings is 1. The van der Waals surface area contributed by atoms with Crippen molar-refractivity contribution in [3.05, 3.63) is 35.9 Å². The Morgan fingerprint density at radius 3 is 2.28 bits per heavy atom. The molecule has 1 amide bonds. The van der Waals surface area contributed by atoms with E-state index in [1.165, 1.54) is 0 Å². The minimum absolute atomic E-state index is 0.131. The van der Waals surface area contributed by atoms with Crippen molar-refractivity contribution < 1.29 is 15.0 Å². The standard InChI is InChI=1S/C14H21NO3/c1-14(2,3)11(16)9-15-13(18)12(17)10-7-5-4-6-8-10/h4-8,11-12,16-17H,9H2,1-3H3,(H,15,18)/t11?,12-/m0/s1. The summed E-state index contributed by atoms with van der Waals surface area (Å²) in [5.74, 6) is -0.496. The Morgan fingerprint density at radius 1 is 1.22 bits per heavy atom. The van der Waals surface area contributed by atoms with Crippen molar-refractivity contribution in [1.82, 2.24) is 5.32 Å². The molecule has 4 heteroatoms. The number of carbonyl (C=O) groups is 1. The van der Waals surface area contributed by atoms with Gasteiger partial charge in [0.2, 0.25) is 0 Å². The van der Waals surface area contributed by atoms with Crippen LogP contribution >= 0.6 is 0 Å². The SMILES string of the molecule is CC(C)(C)C(O)CNC(=O)[C@@H](O)c1ccccc1. The maximum absolute atomic E-state index is 11.7. The molecule has 0 fully saturated rings. The number of hydrogen-bond donors (Lipinski definition) is 3. The average Bonchev–Trinajstić information content (AvgIpc) is 2.34. The topological polar surface area (TPSA) is 69.6 Å². The van der Waals surface area contributed by atoms with Gasteiger partial charge in [-0.2, -0.15) is 0 Å². The molecule has 1 rings (SSSR count). The van der Waals surface area contributed by atoms with Gasteiger partial charge >= 0.3 is 0 Å². The Bertz CT molecular complexity index is 384. The molecule has 0 bridgehead atoms. The molecule has 1 unspecified atom stereocenters. The average molecular weight is 251 g/mol. The summed E-state index contributed by atoms with van der Waals surface area (Å²) >= 11 is 0. The highest BCUT2D eigenvalue weighted by atomic mass is 16.3. The van der Waals surface area contributed by atoms with Gasteiger partial charge in [-0.15, -0.1) is 0 Å². The minimum atomic E-state index is -1.20. The number of carbonyl (C=O) groups excluding carboxylic acids is 1. The summed E-state index contributed by atoms with van der Waals surface area (Å²) < 4.78 is 0. The van der Waals surface area contributed by atoms with Crippen molar-refractivity contribution >= 4 is 5.91 Å². The highest BCUT2D eigenvalue weighted by molar-refractivity contribution is 5.81. The molecule has 0 heterocycles. The molecule has 100 valence electrons. The summed E-state index contributed by atoms with van der Waals surface area (Å²) in [6.45, 7) is 5.79. The van der Waals surface area contributed by atoms with Crippen LogP contribution in [-0.2, 0) is 4.79 Å². The van der Waals surface area contributed by atoms with Crippen molar-refractivity contribution in [2.45, 2.75) is 33.0 Å². The molecule has 0 aromatic heterocycles. The quantitative estimate of drug-likeness (QED) is 0.754. The van der Waals surface area contributed by atoms with Crippen LogP contribution in [0.15, 0.2) is 30.3 Å². The fraction of sp³-hybridized carbons (Fsp3) is 0.500. The number of aliphatic hydroxyl groups is 2.